The lowest BCUT2D eigenvalue weighted by atomic mass is 9.86. The van der Waals surface area contributed by atoms with E-state index in [1.165, 1.54) is 5.56 Å². The van der Waals surface area contributed by atoms with Crippen molar-refractivity contribution < 1.29 is 9.47 Å². The van der Waals surface area contributed by atoms with Gasteiger partial charge in [0.15, 0.2) is 11.5 Å². The van der Waals surface area contributed by atoms with Crippen LogP contribution in [-0.2, 0) is 5.41 Å². The third kappa shape index (κ3) is 4.02. The predicted molar refractivity (Wildman–Crippen MR) is 114 cm³/mol. The number of benzene rings is 2. The minimum Gasteiger partial charge on any atom is -0.493 e. The number of aromatic amines is 1. The highest BCUT2D eigenvalue weighted by Crippen LogP contribution is 2.33. The lowest BCUT2D eigenvalue weighted by Crippen LogP contribution is -2.13. The van der Waals surface area contributed by atoms with E-state index in [0.29, 0.717) is 22.8 Å². The van der Waals surface area contributed by atoms with Crippen LogP contribution in [0, 0.1) is 11.3 Å². The van der Waals surface area contributed by atoms with Crippen LogP contribution in [0.5, 0.6) is 11.5 Å². The molecule has 0 aliphatic carbocycles. The van der Waals surface area contributed by atoms with Crippen LogP contribution >= 0.6 is 0 Å². The zero-order chi connectivity index (χ0) is 21.2. The van der Waals surface area contributed by atoms with Crippen molar-refractivity contribution in [1.82, 2.24) is 4.98 Å². The van der Waals surface area contributed by atoms with Crippen molar-refractivity contribution in [2.45, 2.75) is 26.2 Å². The van der Waals surface area contributed by atoms with E-state index >= 15 is 0 Å². The summed E-state index contributed by atoms with van der Waals surface area (Å²) in [6, 6.07) is 17.3. The maximum Gasteiger partial charge on any atom is 0.266 e. The zero-order valence-electron chi connectivity index (χ0n) is 17.3. The second-order valence-electron chi connectivity index (χ2n) is 7.81. The number of rotatable bonds is 4. The van der Waals surface area contributed by atoms with E-state index in [0.717, 1.165) is 11.1 Å². The fraction of sp³-hybridized carbons (Fsp3) is 0.250. The molecule has 0 unspecified atom stereocenters. The number of nitrogens with one attached hydrogen (secondary N) is 1. The van der Waals surface area contributed by atoms with E-state index in [1.807, 2.05) is 42.5 Å². The van der Waals surface area contributed by atoms with Crippen LogP contribution in [-0.4, -0.2) is 19.2 Å². The fourth-order valence-corrected chi connectivity index (χ4v) is 3.21. The van der Waals surface area contributed by atoms with Crippen LogP contribution in [0.2, 0.25) is 0 Å². The number of ether oxygens (including phenoxy) is 2. The maximum atomic E-state index is 12.6. The molecule has 0 bridgehead atoms. The zero-order valence-corrected chi connectivity index (χ0v) is 17.3. The van der Waals surface area contributed by atoms with E-state index in [-0.39, 0.29) is 11.0 Å². The first-order valence-corrected chi connectivity index (χ1v) is 9.29. The summed E-state index contributed by atoms with van der Waals surface area (Å²) in [5.41, 5.74) is 3.66. The summed E-state index contributed by atoms with van der Waals surface area (Å²) in [4.78, 5) is 15.4. The Morgan fingerprint density at radius 3 is 2.07 bits per heavy atom. The van der Waals surface area contributed by atoms with E-state index in [1.54, 1.807) is 26.4 Å². The normalized spacial score (nSPS) is 11.0. The standard InChI is InChI=1S/C24H24N2O3/c1-24(2,3)17-9-6-15(7-10-17)18-13-20(26-23(27)19(18)14-25)16-8-11-21(28-4)22(12-16)29-5/h6-13H,1-5H3,(H,26,27). The Hall–Kier alpha value is -3.52. The molecule has 0 spiro atoms. The molecule has 0 aliphatic rings. The highest BCUT2D eigenvalue weighted by Gasteiger charge is 2.16. The summed E-state index contributed by atoms with van der Waals surface area (Å²) in [6.45, 7) is 6.43. The van der Waals surface area contributed by atoms with Crippen LogP contribution < -0.4 is 15.0 Å². The van der Waals surface area contributed by atoms with E-state index in [9.17, 15) is 10.1 Å². The monoisotopic (exact) mass is 388 g/mol. The largest absolute Gasteiger partial charge is 0.493 e. The fourth-order valence-electron chi connectivity index (χ4n) is 3.21. The van der Waals surface area contributed by atoms with Crippen LogP contribution in [0.4, 0.5) is 0 Å². The smallest absolute Gasteiger partial charge is 0.266 e. The lowest BCUT2D eigenvalue weighted by Gasteiger charge is -2.19. The molecular weight excluding hydrogens is 364 g/mol. The molecule has 0 fully saturated rings. The van der Waals surface area contributed by atoms with Crippen LogP contribution in [0.1, 0.15) is 31.9 Å². The van der Waals surface area contributed by atoms with Crippen LogP contribution in [0.25, 0.3) is 22.4 Å². The van der Waals surface area contributed by atoms with Gasteiger partial charge in [-0.05, 0) is 40.8 Å². The van der Waals surface area contributed by atoms with Crippen molar-refractivity contribution in [2.24, 2.45) is 0 Å². The Morgan fingerprint density at radius 1 is 0.897 bits per heavy atom. The average molecular weight is 388 g/mol. The number of nitriles is 1. The number of H-pyrrole nitrogens is 1. The van der Waals surface area contributed by atoms with Gasteiger partial charge in [-0.1, -0.05) is 45.0 Å². The van der Waals surface area contributed by atoms with Gasteiger partial charge in [0.25, 0.3) is 5.56 Å². The molecule has 1 heterocycles. The molecule has 3 aromatic rings. The summed E-state index contributed by atoms with van der Waals surface area (Å²) in [5.74, 6) is 1.16. The summed E-state index contributed by atoms with van der Waals surface area (Å²) < 4.78 is 10.6. The Labute approximate surface area is 170 Å². The first-order valence-electron chi connectivity index (χ1n) is 9.29. The highest BCUT2D eigenvalue weighted by atomic mass is 16.5. The summed E-state index contributed by atoms with van der Waals surface area (Å²) in [5, 5.41) is 9.55. The molecule has 148 valence electrons. The minimum absolute atomic E-state index is 0.0234. The van der Waals surface area contributed by atoms with Crippen molar-refractivity contribution in [3.05, 3.63) is 70.0 Å². The first kappa shape index (κ1) is 20.2. The van der Waals surface area contributed by atoms with Gasteiger partial charge in [-0.25, -0.2) is 0 Å². The predicted octanol–water partition coefficient (Wildman–Crippen LogP) is 4.90. The molecule has 2 aromatic carbocycles. The lowest BCUT2D eigenvalue weighted by molar-refractivity contribution is 0.355. The van der Waals surface area contributed by atoms with Crippen molar-refractivity contribution in [3.63, 3.8) is 0 Å². The number of nitrogens with zero attached hydrogens (tertiary/aromatic N) is 1. The van der Waals surface area contributed by atoms with E-state index in [2.05, 4.69) is 25.8 Å². The number of methoxy groups -OCH3 is 2. The topological polar surface area (TPSA) is 75.1 Å². The van der Waals surface area contributed by atoms with Gasteiger partial charge in [0, 0.05) is 16.8 Å². The molecule has 5 heteroatoms. The van der Waals surface area contributed by atoms with Crippen LogP contribution in [0.3, 0.4) is 0 Å². The molecule has 0 saturated heterocycles. The second kappa shape index (κ2) is 7.84. The van der Waals surface area contributed by atoms with Gasteiger partial charge in [-0.2, -0.15) is 5.26 Å². The Balaban J connectivity index is 2.16. The van der Waals surface area contributed by atoms with Crippen LogP contribution in [0.15, 0.2) is 53.3 Å². The molecule has 3 rings (SSSR count). The maximum absolute atomic E-state index is 12.6. The molecule has 0 amide bonds. The van der Waals surface area contributed by atoms with Gasteiger partial charge in [0.1, 0.15) is 11.6 Å². The van der Waals surface area contributed by atoms with Gasteiger partial charge in [0.2, 0.25) is 0 Å². The molecule has 0 atom stereocenters. The number of aromatic nitrogens is 1. The van der Waals surface area contributed by atoms with Crippen molar-refractivity contribution in [2.75, 3.05) is 14.2 Å². The van der Waals surface area contributed by atoms with Gasteiger partial charge in [-0.15, -0.1) is 0 Å². The molecule has 0 aliphatic heterocycles. The minimum atomic E-state index is -0.422. The Kier molecular flexibility index (Phi) is 5.47. The number of pyridine rings is 1. The quantitative estimate of drug-likeness (QED) is 0.690. The molecular formula is C24H24N2O3. The second-order valence-corrected chi connectivity index (χ2v) is 7.81. The summed E-state index contributed by atoms with van der Waals surface area (Å²) in [6.07, 6.45) is 0. The highest BCUT2D eigenvalue weighted by molar-refractivity contribution is 5.76. The SMILES string of the molecule is COc1ccc(-c2cc(-c3ccc(C(C)(C)C)cc3)c(C#N)c(=O)[nH]2)cc1OC. The van der Waals surface area contributed by atoms with Crippen molar-refractivity contribution >= 4 is 0 Å². The van der Waals surface area contributed by atoms with Gasteiger partial charge < -0.3 is 14.5 Å². The number of hydrogen-bond donors (Lipinski definition) is 1. The van der Waals surface area contributed by atoms with E-state index in [4.69, 9.17) is 9.47 Å². The van der Waals surface area contributed by atoms with Crippen molar-refractivity contribution in [3.8, 4) is 40.0 Å². The summed E-state index contributed by atoms with van der Waals surface area (Å²) in [7, 11) is 3.13. The number of hydrogen-bond acceptors (Lipinski definition) is 4. The van der Waals surface area contributed by atoms with Crippen molar-refractivity contribution in [1.29, 1.82) is 5.26 Å². The van der Waals surface area contributed by atoms with Gasteiger partial charge in [0.05, 0.1) is 14.2 Å². The molecule has 1 aromatic heterocycles. The van der Waals surface area contributed by atoms with Gasteiger partial charge >= 0.3 is 0 Å². The molecule has 5 nitrogen and oxygen atoms in total. The Bertz CT molecular complexity index is 1130. The Morgan fingerprint density at radius 2 is 1.52 bits per heavy atom. The van der Waals surface area contributed by atoms with Gasteiger partial charge in [-0.3, -0.25) is 4.79 Å². The average Bonchev–Trinajstić information content (AvgIpc) is 2.72. The molecule has 0 radical (unpaired) electrons. The first-order chi connectivity index (χ1) is 13.8. The third-order valence-electron chi connectivity index (χ3n) is 4.90. The third-order valence-corrected chi connectivity index (χ3v) is 4.90. The molecule has 29 heavy (non-hydrogen) atoms. The molecule has 0 saturated carbocycles. The molecule has 1 N–H and O–H groups in total. The van der Waals surface area contributed by atoms with E-state index < -0.39 is 5.56 Å². The summed E-state index contributed by atoms with van der Waals surface area (Å²) >= 11 is 0.